The van der Waals surface area contributed by atoms with Crippen LogP contribution in [-0.4, -0.2) is 54.9 Å². The van der Waals surface area contributed by atoms with Gasteiger partial charge in [0.15, 0.2) is 0 Å². The van der Waals surface area contributed by atoms with Gasteiger partial charge in [-0.25, -0.2) is 4.79 Å². The molecule has 3 aromatic rings. The number of ether oxygens (including phenoxy) is 1. The smallest absolute Gasteiger partial charge is 0.756 e. The number of rotatable bonds is 5. The summed E-state index contributed by atoms with van der Waals surface area (Å²) in [5.74, 6) is 0.431. The molecule has 0 spiro atoms. The molecule has 32 heavy (non-hydrogen) atoms. The third-order valence-electron chi connectivity index (χ3n) is 5.21. The predicted molar refractivity (Wildman–Crippen MR) is 103 cm³/mol. The monoisotopic (exact) mass is 466 g/mol. The third kappa shape index (κ3) is 4.35. The largest absolute Gasteiger partial charge is 1.00 e. The number of hydrogen-bond donors (Lipinski definition) is 1. The number of carbonyl (C=O) groups is 1. The van der Waals surface area contributed by atoms with Gasteiger partial charge < -0.3 is 19.0 Å². The first-order valence-corrected chi connectivity index (χ1v) is 10.8. The molecular formula is C18H16N6NaO6P. The Kier molecular flexibility index (Phi) is 6.21. The molecule has 1 saturated heterocycles. The molecule has 5 rings (SSSR count). The zero-order valence-corrected chi connectivity index (χ0v) is 20.0. The Hall–Kier alpha value is -2.18. The van der Waals surface area contributed by atoms with Crippen LogP contribution in [-0.2, 0) is 27.3 Å². The van der Waals surface area contributed by atoms with E-state index in [0.717, 1.165) is 16.7 Å². The van der Waals surface area contributed by atoms with Crippen LogP contribution in [0, 0.1) is 0 Å². The number of nitrogens with zero attached hydrogens (tertiary/aromatic N) is 6. The van der Waals surface area contributed by atoms with E-state index >= 15 is 0 Å². The molecule has 2 aliphatic rings. The van der Waals surface area contributed by atoms with Crippen LogP contribution < -0.4 is 39.4 Å². The molecule has 0 aliphatic carbocycles. The van der Waals surface area contributed by atoms with Crippen LogP contribution in [0.5, 0.6) is 0 Å². The van der Waals surface area contributed by atoms with Gasteiger partial charge in [-0.3, -0.25) is 14.4 Å². The first kappa shape index (κ1) is 23.0. The van der Waals surface area contributed by atoms with Crippen LogP contribution in [0.3, 0.4) is 0 Å². The van der Waals surface area contributed by atoms with Crippen molar-refractivity contribution in [2.75, 3.05) is 11.5 Å². The Labute approximate surface area is 204 Å². The SMILES string of the molecule is Cn1nnc(-c2ccc(-c3ccc4c(c3)C[C@H]3[C@H](COP(=O)([O-])O)OC(=O)N43)cn2)n1.[Na+]. The van der Waals surface area contributed by atoms with Gasteiger partial charge in [0, 0.05) is 11.8 Å². The van der Waals surface area contributed by atoms with Gasteiger partial charge in [-0.15, -0.1) is 10.2 Å². The molecule has 0 bridgehead atoms. The number of anilines is 1. The number of amides is 1. The number of carbonyl (C=O) groups excluding carboxylic acids is 1. The average molecular weight is 466 g/mol. The van der Waals surface area contributed by atoms with Gasteiger partial charge in [0.05, 0.1) is 25.4 Å². The molecule has 14 heteroatoms. The molecule has 2 aliphatic heterocycles. The molecule has 1 unspecified atom stereocenters. The zero-order valence-electron chi connectivity index (χ0n) is 17.2. The Morgan fingerprint density at radius 3 is 2.75 bits per heavy atom. The minimum atomic E-state index is -4.90. The molecule has 1 aromatic carbocycles. The number of cyclic esters (lactones) is 1. The van der Waals surface area contributed by atoms with Crippen molar-refractivity contribution in [1.82, 2.24) is 25.2 Å². The number of hydrogen-bond acceptors (Lipinski definition) is 9. The van der Waals surface area contributed by atoms with Crippen LogP contribution in [0.4, 0.5) is 10.5 Å². The standard InChI is InChI=1S/C18H17N6O6P.Na/c1-23-21-17(20-22-23)13-4-2-11(8-19-13)10-3-5-14-12(6-10)7-15-16(9-29-31(26,27)28)30-18(25)24(14)15;/h2-6,8,15-16H,7,9H2,1H3,(H2,26,27,28);/q;+1/p-1/t15-,16-;/m0./s1. The fourth-order valence-corrected chi connectivity index (χ4v) is 4.19. The van der Waals surface area contributed by atoms with E-state index in [1.165, 1.54) is 9.70 Å². The van der Waals surface area contributed by atoms with Gasteiger partial charge in [-0.1, -0.05) is 12.1 Å². The number of pyridine rings is 1. The van der Waals surface area contributed by atoms with Crippen molar-refractivity contribution < 1.29 is 58.0 Å². The van der Waals surface area contributed by atoms with Gasteiger partial charge in [-0.05, 0) is 41.0 Å². The molecule has 4 heterocycles. The fourth-order valence-electron chi connectivity index (χ4n) is 3.85. The van der Waals surface area contributed by atoms with Crippen molar-refractivity contribution in [3.05, 3.63) is 42.1 Å². The molecule has 0 radical (unpaired) electrons. The van der Waals surface area contributed by atoms with E-state index in [1.54, 1.807) is 19.3 Å². The summed E-state index contributed by atoms with van der Waals surface area (Å²) >= 11 is 0. The van der Waals surface area contributed by atoms with Crippen molar-refractivity contribution >= 4 is 19.6 Å². The first-order valence-electron chi connectivity index (χ1n) is 9.30. The van der Waals surface area contributed by atoms with Gasteiger partial charge >= 0.3 is 35.7 Å². The van der Waals surface area contributed by atoms with E-state index in [2.05, 4.69) is 24.9 Å². The summed E-state index contributed by atoms with van der Waals surface area (Å²) in [6, 6.07) is 8.94. The van der Waals surface area contributed by atoms with Crippen LogP contribution in [0.25, 0.3) is 22.6 Å². The molecule has 2 aromatic heterocycles. The van der Waals surface area contributed by atoms with E-state index in [9.17, 15) is 14.3 Å². The van der Waals surface area contributed by atoms with Gasteiger partial charge in [0.1, 0.15) is 11.8 Å². The second-order valence-electron chi connectivity index (χ2n) is 7.21. The van der Waals surface area contributed by atoms with Crippen molar-refractivity contribution in [2.45, 2.75) is 18.6 Å². The number of phosphoric ester groups is 1. The molecule has 1 N–H and O–H groups in total. The molecule has 12 nitrogen and oxygen atoms in total. The summed E-state index contributed by atoms with van der Waals surface area (Å²) in [5.41, 5.74) is 4.00. The summed E-state index contributed by atoms with van der Waals surface area (Å²) in [5, 5.41) is 11.9. The topological polar surface area (TPSA) is 156 Å². The maximum Gasteiger partial charge on any atom is 1.00 e. The number of benzene rings is 1. The number of aryl methyl sites for hydroxylation is 1. The average Bonchev–Trinajstić information content (AvgIpc) is 3.41. The maximum absolute atomic E-state index is 12.3. The first-order chi connectivity index (χ1) is 14.8. The third-order valence-corrected chi connectivity index (χ3v) is 5.69. The van der Waals surface area contributed by atoms with Gasteiger partial charge in [0.2, 0.25) is 5.82 Å². The predicted octanol–water partition coefficient (Wildman–Crippen LogP) is -2.33. The molecular weight excluding hydrogens is 450 g/mol. The molecule has 1 fully saturated rings. The van der Waals surface area contributed by atoms with Crippen molar-refractivity contribution in [2.24, 2.45) is 7.05 Å². The number of phosphoric acid groups is 1. The molecule has 0 saturated carbocycles. The molecule has 3 atom stereocenters. The normalized spacial score (nSPS) is 20.8. The van der Waals surface area contributed by atoms with E-state index in [0.29, 0.717) is 23.6 Å². The Balaban J connectivity index is 0.00000245. The zero-order chi connectivity index (χ0) is 21.8. The quantitative estimate of drug-likeness (QED) is 0.320. The van der Waals surface area contributed by atoms with Crippen LogP contribution in [0.1, 0.15) is 5.56 Å². The molecule has 160 valence electrons. The number of fused-ring (bicyclic) bond motifs is 3. The van der Waals surface area contributed by atoms with Gasteiger partial charge in [-0.2, -0.15) is 4.80 Å². The summed E-state index contributed by atoms with van der Waals surface area (Å²) in [6.07, 6.45) is 0.790. The Morgan fingerprint density at radius 1 is 1.31 bits per heavy atom. The van der Waals surface area contributed by atoms with Gasteiger partial charge in [0.25, 0.3) is 7.82 Å². The van der Waals surface area contributed by atoms with E-state index in [1.807, 2.05) is 24.3 Å². The van der Waals surface area contributed by atoms with Crippen LogP contribution in [0.15, 0.2) is 36.5 Å². The van der Waals surface area contributed by atoms with E-state index in [4.69, 9.17) is 9.63 Å². The summed E-state index contributed by atoms with van der Waals surface area (Å²) in [4.78, 5) is 39.2. The van der Waals surface area contributed by atoms with Crippen molar-refractivity contribution in [1.29, 1.82) is 0 Å². The van der Waals surface area contributed by atoms with E-state index < -0.39 is 32.7 Å². The maximum atomic E-state index is 12.3. The van der Waals surface area contributed by atoms with E-state index in [-0.39, 0.29) is 29.6 Å². The van der Waals surface area contributed by atoms with Crippen molar-refractivity contribution in [3.63, 3.8) is 0 Å². The Morgan fingerprint density at radius 2 is 2.09 bits per heavy atom. The second-order valence-corrected chi connectivity index (χ2v) is 8.40. The Bertz CT molecular complexity index is 1210. The summed E-state index contributed by atoms with van der Waals surface area (Å²) in [7, 11) is -3.22. The summed E-state index contributed by atoms with van der Waals surface area (Å²) < 4.78 is 20.5. The van der Waals surface area contributed by atoms with Crippen LogP contribution >= 0.6 is 7.82 Å². The minimum Gasteiger partial charge on any atom is -0.756 e. The number of aromatic nitrogens is 5. The minimum absolute atomic E-state index is 0. The van der Waals surface area contributed by atoms with Crippen molar-refractivity contribution in [3.8, 4) is 22.6 Å². The summed E-state index contributed by atoms with van der Waals surface area (Å²) in [6.45, 7) is -0.438. The fraction of sp³-hybridized carbons (Fsp3) is 0.278. The second kappa shape index (κ2) is 8.64. The number of tetrazole rings is 1. The molecule has 1 amide bonds. The van der Waals surface area contributed by atoms with Crippen LogP contribution in [0.2, 0.25) is 0 Å².